The molecule has 0 saturated heterocycles. The number of hydrogen-bond acceptors (Lipinski definition) is 4. The maximum Gasteiger partial charge on any atom is 0.262 e. The Hall–Kier alpha value is -1.86. The zero-order valence-electron chi connectivity index (χ0n) is 15.9. The smallest absolute Gasteiger partial charge is 0.262 e. The van der Waals surface area contributed by atoms with Crippen molar-refractivity contribution in [2.24, 2.45) is 0 Å². The lowest BCUT2D eigenvalue weighted by Gasteiger charge is -2.18. The maximum atomic E-state index is 13.0. The normalized spacial score (nSPS) is 11.2. The molecule has 1 heterocycles. The van der Waals surface area contributed by atoms with E-state index in [0.717, 1.165) is 26.1 Å². The van der Waals surface area contributed by atoms with Gasteiger partial charge < -0.3 is 10.2 Å². The minimum atomic E-state index is -0.0291. The van der Waals surface area contributed by atoms with Gasteiger partial charge in [-0.2, -0.15) is 0 Å². The molecule has 2 rings (SSSR count). The lowest BCUT2D eigenvalue weighted by molar-refractivity contribution is -0.897. The topological polar surface area (TPSA) is 68.4 Å². The molecule has 1 aromatic carbocycles. The molecular weight excluding hydrogens is 348 g/mol. The van der Waals surface area contributed by atoms with Crippen molar-refractivity contribution in [3.63, 3.8) is 0 Å². The van der Waals surface area contributed by atoms with Crippen LogP contribution >= 0.6 is 11.8 Å². The van der Waals surface area contributed by atoms with Crippen molar-refractivity contribution in [1.82, 2.24) is 14.9 Å². The molecule has 1 aromatic heterocycles. The first-order valence-corrected chi connectivity index (χ1v) is 10.3. The number of hydrogen-bond donors (Lipinski definition) is 2. The highest BCUT2D eigenvalue weighted by Gasteiger charge is 2.14. The van der Waals surface area contributed by atoms with Gasteiger partial charge in [-0.05, 0) is 32.4 Å². The van der Waals surface area contributed by atoms with Gasteiger partial charge in [0.05, 0.1) is 42.8 Å². The van der Waals surface area contributed by atoms with Gasteiger partial charge in [0.15, 0.2) is 5.16 Å². The summed E-state index contributed by atoms with van der Waals surface area (Å²) < 4.78 is 1.73. The van der Waals surface area contributed by atoms with Crippen molar-refractivity contribution in [1.29, 1.82) is 0 Å². The molecule has 0 bridgehead atoms. The first kappa shape index (κ1) is 20.5. The second-order valence-electron chi connectivity index (χ2n) is 6.21. The Balaban J connectivity index is 2.28. The maximum absolute atomic E-state index is 13.0. The summed E-state index contributed by atoms with van der Waals surface area (Å²) >= 11 is 1.33. The third-order valence-corrected chi connectivity index (χ3v) is 5.40. The van der Waals surface area contributed by atoms with Gasteiger partial charge in [-0.1, -0.05) is 30.8 Å². The molecule has 0 aliphatic carbocycles. The number of carbonyl (C=O) groups excluding carboxylic acids is 1. The van der Waals surface area contributed by atoms with Crippen LogP contribution in [0.25, 0.3) is 10.9 Å². The molecule has 142 valence electrons. The van der Waals surface area contributed by atoms with Crippen LogP contribution in [0, 0.1) is 0 Å². The average molecular weight is 378 g/mol. The van der Waals surface area contributed by atoms with E-state index >= 15 is 0 Å². The number of aromatic nitrogens is 2. The number of amides is 1. The molecule has 0 aliphatic rings. The van der Waals surface area contributed by atoms with E-state index in [0.29, 0.717) is 29.1 Å². The van der Waals surface area contributed by atoms with E-state index in [1.165, 1.54) is 16.7 Å². The number of fused-ring (bicyclic) bond motifs is 1. The zero-order chi connectivity index (χ0) is 18.9. The molecule has 0 aliphatic heterocycles. The van der Waals surface area contributed by atoms with Gasteiger partial charge in [0.1, 0.15) is 0 Å². The number of likely N-dealkylation sites (N-methyl/N-ethyl adjacent to an activating group) is 1. The molecule has 0 fully saturated rings. The lowest BCUT2D eigenvalue weighted by atomic mass is 10.2. The number of quaternary nitrogens is 1. The molecule has 0 spiro atoms. The van der Waals surface area contributed by atoms with Crippen LogP contribution in [0.15, 0.2) is 34.2 Å². The fourth-order valence-electron chi connectivity index (χ4n) is 2.77. The summed E-state index contributed by atoms with van der Waals surface area (Å²) in [5.41, 5.74) is 0.652. The number of benzene rings is 1. The van der Waals surface area contributed by atoms with Gasteiger partial charge in [0.25, 0.3) is 5.56 Å². The highest BCUT2D eigenvalue weighted by molar-refractivity contribution is 7.99. The van der Waals surface area contributed by atoms with Crippen LogP contribution in [-0.4, -0.2) is 47.4 Å². The van der Waals surface area contributed by atoms with Crippen LogP contribution in [0.1, 0.15) is 27.2 Å². The van der Waals surface area contributed by atoms with Gasteiger partial charge in [0.2, 0.25) is 5.91 Å². The van der Waals surface area contributed by atoms with Crippen LogP contribution < -0.4 is 15.8 Å². The Kier molecular flexibility index (Phi) is 8.12. The van der Waals surface area contributed by atoms with Crippen molar-refractivity contribution < 1.29 is 9.69 Å². The molecule has 2 N–H and O–H groups in total. The third kappa shape index (κ3) is 5.32. The molecule has 6 nitrogen and oxygen atoms in total. The summed E-state index contributed by atoms with van der Waals surface area (Å²) in [5, 5.41) is 4.11. The predicted octanol–water partition coefficient (Wildman–Crippen LogP) is 0.940. The van der Waals surface area contributed by atoms with E-state index in [1.54, 1.807) is 4.57 Å². The molecule has 0 unspecified atom stereocenters. The monoisotopic (exact) mass is 377 g/mol. The number of nitrogens with zero attached hydrogens (tertiary/aromatic N) is 2. The van der Waals surface area contributed by atoms with E-state index in [9.17, 15) is 9.59 Å². The number of thioether (sulfide) groups is 1. The fraction of sp³-hybridized carbons (Fsp3) is 0.526. The molecular formula is C19H29N4O2S+. The first-order valence-electron chi connectivity index (χ1n) is 9.33. The van der Waals surface area contributed by atoms with Gasteiger partial charge in [-0.15, -0.1) is 0 Å². The second kappa shape index (κ2) is 10.3. The summed E-state index contributed by atoms with van der Waals surface area (Å²) in [6.07, 6.45) is 0.905. The lowest BCUT2D eigenvalue weighted by Crippen LogP contribution is -3.11. The number of para-hydroxylation sites is 1. The molecule has 0 saturated carbocycles. The molecule has 1 amide bonds. The summed E-state index contributed by atoms with van der Waals surface area (Å²) in [6, 6.07) is 7.39. The minimum Gasteiger partial charge on any atom is -0.355 e. The van der Waals surface area contributed by atoms with Crippen LogP contribution in [-0.2, 0) is 11.3 Å². The molecule has 0 atom stereocenters. The number of nitrogens with one attached hydrogen (secondary N) is 2. The predicted molar refractivity (Wildman–Crippen MR) is 107 cm³/mol. The van der Waals surface area contributed by atoms with Gasteiger partial charge in [-0.25, -0.2) is 4.98 Å². The number of carbonyl (C=O) groups is 1. The Bertz CT molecular complexity index is 787. The Morgan fingerprint density at radius 1 is 1.23 bits per heavy atom. The molecule has 2 aromatic rings. The molecule has 0 radical (unpaired) electrons. The SMILES string of the molecule is CCCNC(=O)CSc1nc2ccccc2c(=O)n1CC[NH+](CC)CC. The van der Waals surface area contributed by atoms with E-state index in [2.05, 4.69) is 24.1 Å². The zero-order valence-corrected chi connectivity index (χ0v) is 16.7. The van der Waals surface area contributed by atoms with E-state index in [-0.39, 0.29) is 17.2 Å². The highest BCUT2D eigenvalue weighted by Crippen LogP contribution is 2.17. The van der Waals surface area contributed by atoms with Crippen molar-refractivity contribution in [3.05, 3.63) is 34.6 Å². The molecule has 26 heavy (non-hydrogen) atoms. The standard InChI is InChI=1S/C19H28N4O2S/c1-4-11-20-17(24)14-26-19-21-16-10-8-7-9-15(16)18(25)23(19)13-12-22(5-2)6-3/h7-10H,4-6,11-14H2,1-3H3,(H,20,24)/p+1. The van der Waals surface area contributed by atoms with Crippen LogP contribution in [0.2, 0.25) is 0 Å². The van der Waals surface area contributed by atoms with Gasteiger partial charge in [0, 0.05) is 6.54 Å². The van der Waals surface area contributed by atoms with Crippen molar-refractivity contribution in [2.45, 2.75) is 38.9 Å². The van der Waals surface area contributed by atoms with E-state index in [4.69, 9.17) is 0 Å². The largest absolute Gasteiger partial charge is 0.355 e. The van der Waals surface area contributed by atoms with Crippen molar-refractivity contribution in [3.8, 4) is 0 Å². The van der Waals surface area contributed by atoms with Crippen molar-refractivity contribution >= 4 is 28.6 Å². The summed E-state index contributed by atoms with van der Waals surface area (Å²) in [6.45, 7) is 10.5. The second-order valence-corrected chi connectivity index (χ2v) is 7.16. The van der Waals surface area contributed by atoms with E-state index < -0.39 is 0 Å². The quantitative estimate of drug-likeness (QED) is 0.478. The fourth-order valence-corrected chi connectivity index (χ4v) is 3.63. The van der Waals surface area contributed by atoms with Crippen LogP contribution in [0.4, 0.5) is 0 Å². The summed E-state index contributed by atoms with van der Waals surface area (Å²) in [4.78, 5) is 31.0. The van der Waals surface area contributed by atoms with Gasteiger partial charge >= 0.3 is 0 Å². The first-order chi connectivity index (χ1) is 12.6. The highest BCUT2D eigenvalue weighted by atomic mass is 32.2. The summed E-state index contributed by atoms with van der Waals surface area (Å²) in [5.74, 6) is 0.239. The summed E-state index contributed by atoms with van der Waals surface area (Å²) in [7, 11) is 0. The minimum absolute atomic E-state index is 0.0276. The Morgan fingerprint density at radius 2 is 1.96 bits per heavy atom. The van der Waals surface area contributed by atoms with Crippen molar-refractivity contribution in [2.75, 3.05) is 31.9 Å². The molecule has 7 heteroatoms. The third-order valence-electron chi connectivity index (χ3n) is 4.42. The van der Waals surface area contributed by atoms with Crippen LogP contribution in [0.3, 0.4) is 0 Å². The number of rotatable bonds is 10. The Labute approximate surface area is 159 Å². The van der Waals surface area contributed by atoms with Crippen LogP contribution in [0.5, 0.6) is 0 Å². The Morgan fingerprint density at radius 3 is 2.65 bits per heavy atom. The average Bonchev–Trinajstić information content (AvgIpc) is 2.67. The van der Waals surface area contributed by atoms with Gasteiger partial charge in [-0.3, -0.25) is 14.2 Å². The van der Waals surface area contributed by atoms with E-state index in [1.807, 2.05) is 31.2 Å².